The highest BCUT2D eigenvalue weighted by atomic mass is 35.5. The number of hydrogen-bond donors (Lipinski definition) is 0. The first-order chi connectivity index (χ1) is 19.7. The molecule has 3 aromatic heterocycles. The molecule has 1 aromatic carbocycles. The van der Waals surface area contributed by atoms with Gasteiger partial charge in [-0.15, -0.1) is 0 Å². The van der Waals surface area contributed by atoms with Crippen molar-refractivity contribution in [1.82, 2.24) is 24.4 Å². The molecule has 1 amide bonds. The van der Waals surface area contributed by atoms with Crippen LogP contribution in [0.1, 0.15) is 36.6 Å². The second-order valence-corrected chi connectivity index (χ2v) is 10.8. The zero-order valence-corrected chi connectivity index (χ0v) is 23.6. The van der Waals surface area contributed by atoms with Crippen LogP contribution < -0.4 is 15.3 Å². The van der Waals surface area contributed by atoms with Gasteiger partial charge in [0, 0.05) is 25.8 Å². The summed E-state index contributed by atoms with van der Waals surface area (Å²) in [5, 5.41) is -0.177. The molecular weight excluding hydrogens is 551 g/mol. The second-order valence-electron chi connectivity index (χ2n) is 10.5. The molecule has 4 aromatic rings. The van der Waals surface area contributed by atoms with Gasteiger partial charge in [-0.3, -0.25) is 9.55 Å². The van der Waals surface area contributed by atoms with E-state index in [1.165, 1.54) is 4.57 Å². The predicted molar refractivity (Wildman–Crippen MR) is 152 cm³/mol. The van der Waals surface area contributed by atoms with Crippen molar-refractivity contribution in [3.63, 3.8) is 0 Å². The molecular formula is C29H28ClFN6O4. The fraction of sp³-hybridized carbons (Fsp3) is 0.345. The van der Waals surface area contributed by atoms with E-state index < -0.39 is 22.8 Å². The number of piperazine rings is 1. The van der Waals surface area contributed by atoms with E-state index in [9.17, 15) is 9.59 Å². The number of pyridine rings is 2. The predicted octanol–water partition coefficient (Wildman–Crippen LogP) is 4.62. The van der Waals surface area contributed by atoms with Crippen LogP contribution in [0.5, 0.6) is 5.88 Å². The van der Waals surface area contributed by atoms with E-state index in [4.69, 9.17) is 21.1 Å². The van der Waals surface area contributed by atoms with Crippen LogP contribution >= 0.6 is 11.6 Å². The highest BCUT2D eigenvalue weighted by molar-refractivity contribution is 6.30. The van der Waals surface area contributed by atoms with Crippen LogP contribution in [0.15, 0.2) is 47.4 Å². The fourth-order valence-electron chi connectivity index (χ4n) is 5.44. The van der Waals surface area contributed by atoms with Crippen LogP contribution in [0, 0.1) is 12.7 Å². The van der Waals surface area contributed by atoms with Crippen molar-refractivity contribution in [2.45, 2.75) is 39.3 Å². The van der Waals surface area contributed by atoms with Gasteiger partial charge in [0.15, 0.2) is 11.0 Å². The summed E-state index contributed by atoms with van der Waals surface area (Å²) in [7, 11) is 0. The first kappa shape index (κ1) is 26.9. The molecule has 10 nitrogen and oxygen atoms in total. The number of hydrogen-bond acceptors (Lipinski definition) is 8. The van der Waals surface area contributed by atoms with Gasteiger partial charge in [-0.05, 0) is 30.0 Å². The maximum absolute atomic E-state index is 15.9. The van der Waals surface area contributed by atoms with Gasteiger partial charge in [0.1, 0.15) is 29.9 Å². The van der Waals surface area contributed by atoms with Gasteiger partial charge in [0.05, 0.1) is 17.4 Å². The van der Waals surface area contributed by atoms with Crippen molar-refractivity contribution in [3.8, 4) is 11.6 Å². The Morgan fingerprint density at radius 3 is 2.73 bits per heavy atom. The molecule has 2 aliphatic rings. The Labute approximate surface area is 240 Å². The monoisotopic (exact) mass is 578 g/mol. The molecule has 12 heteroatoms. The topological polar surface area (TPSA) is 103 Å². The number of benzene rings is 1. The van der Waals surface area contributed by atoms with E-state index in [1.807, 2.05) is 56.0 Å². The number of nitrogens with zero attached hydrogens (tertiary/aromatic N) is 6. The Kier molecular flexibility index (Phi) is 6.98. The third-order valence-corrected chi connectivity index (χ3v) is 7.69. The molecule has 0 bridgehead atoms. The Morgan fingerprint density at radius 1 is 1.20 bits per heavy atom. The Balaban J connectivity index is 1.41. The van der Waals surface area contributed by atoms with Crippen molar-refractivity contribution < 1.29 is 18.7 Å². The quantitative estimate of drug-likeness (QED) is 0.323. The molecule has 0 unspecified atom stereocenters. The van der Waals surface area contributed by atoms with Crippen molar-refractivity contribution in [2.75, 3.05) is 31.1 Å². The van der Waals surface area contributed by atoms with Gasteiger partial charge >= 0.3 is 11.8 Å². The Morgan fingerprint density at radius 2 is 1.98 bits per heavy atom. The number of aromatic nitrogens is 4. The van der Waals surface area contributed by atoms with Gasteiger partial charge in [0.2, 0.25) is 5.88 Å². The van der Waals surface area contributed by atoms with E-state index in [0.717, 1.165) is 11.1 Å². The summed E-state index contributed by atoms with van der Waals surface area (Å²) < 4.78 is 28.7. The third-order valence-electron chi connectivity index (χ3n) is 7.43. The first-order valence-corrected chi connectivity index (χ1v) is 13.7. The van der Waals surface area contributed by atoms with Crippen LogP contribution in [-0.2, 0) is 11.3 Å². The molecule has 2 aliphatic heterocycles. The van der Waals surface area contributed by atoms with Gasteiger partial charge in [0.25, 0.3) is 0 Å². The lowest BCUT2D eigenvalue weighted by atomic mass is 10.0. The summed E-state index contributed by atoms with van der Waals surface area (Å²) in [6.07, 6.45) is 1.20. The van der Waals surface area contributed by atoms with Crippen molar-refractivity contribution >= 4 is 34.4 Å². The molecule has 6 rings (SSSR count). The number of ether oxygens (including phenoxy) is 2. The number of fused-ring (bicyclic) bond motifs is 2. The number of anilines is 1. The molecule has 0 aliphatic carbocycles. The molecule has 0 saturated carbocycles. The summed E-state index contributed by atoms with van der Waals surface area (Å²) >= 11 is 6.26. The van der Waals surface area contributed by atoms with Crippen molar-refractivity contribution in [1.29, 1.82) is 0 Å². The number of rotatable bonds is 4. The molecule has 41 heavy (non-hydrogen) atoms. The molecule has 0 spiro atoms. The van der Waals surface area contributed by atoms with E-state index in [-0.39, 0.29) is 54.3 Å². The zero-order chi connectivity index (χ0) is 28.8. The first-order valence-electron chi connectivity index (χ1n) is 13.4. The summed E-state index contributed by atoms with van der Waals surface area (Å²) in [6.45, 7) is 6.88. The van der Waals surface area contributed by atoms with Crippen molar-refractivity contribution in [3.05, 3.63) is 80.9 Å². The molecule has 0 radical (unpaired) electrons. The lowest BCUT2D eigenvalue weighted by Gasteiger charge is -2.40. The normalized spacial score (nSPS) is 16.4. The van der Waals surface area contributed by atoms with E-state index in [1.54, 1.807) is 17.2 Å². The lowest BCUT2D eigenvalue weighted by Crippen LogP contribution is -2.57. The van der Waals surface area contributed by atoms with Gasteiger partial charge in [-0.2, -0.15) is 9.97 Å². The zero-order valence-electron chi connectivity index (χ0n) is 22.8. The summed E-state index contributed by atoms with van der Waals surface area (Å²) in [6, 6.07) is 10.8. The molecule has 212 valence electrons. The van der Waals surface area contributed by atoms with Gasteiger partial charge in [-0.1, -0.05) is 55.8 Å². The third kappa shape index (κ3) is 4.73. The van der Waals surface area contributed by atoms with E-state index in [0.29, 0.717) is 24.5 Å². The van der Waals surface area contributed by atoms with Crippen LogP contribution in [0.25, 0.3) is 16.6 Å². The minimum Gasteiger partial charge on any atom is -0.475 e. The maximum atomic E-state index is 15.9. The molecule has 0 N–H and O–H groups in total. The van der Waals surface area contributed by atoms with E-state index in [2.05, 4.69) is 15.0 Å². The number of halogens is 2. The van der Waals surface area contributed by atoms with E-state index >= 15 is 4.39 Å². The maximum Gasteiger partial charge on any atom is 0.410 e. The van der Waals surface area contributed by atoms with Crippen LogP contribution in [0.3, 0.4) is 0 Å². The van der Waals surface area contributed by atoms with Gasteiger partial charge < -0.3 is 19.3 Å². The number of carbonyl (C=O) groups is 1. The number of aryl methyl sites for hydroxylation is 1. The SMILES string of the molecule is Cc1ccnc(C(C)C)c1-n1c(=O)nc2c3c(nc(Cl)c(F)c31)OC[C@@H]1CN(C(=O)OCc3ccccc3)CCN21. The highest BCUT2D eigenvalue weighted by Gasteiger charge is 2.38. The molecule has 1 fully saturated rings. The van der Waals surface area contributed by atoms with Crippen molar-refractivity contribution in [2.24, 2.45) is 0 Å². The number of carbonyl (C=O) groups excluding carboxylic acids is 1. The highest BCUT2D eigenvalue weighted by Crippen LogP contribution is 2.40. The Hall–Kier alpha value is -4.25. The van der Waals surface area contributed by atoms with Crippen LogP contribution in [-0.4, -0.2) is 62.8 Å². The largest absolute Gasteiger partial charge is 0.475 e. The Bertz CT molecular complexity index is 1710. The average Bonchev–Trinajstić information content (AvgIpc) is 3.11. The van der Waals surface area contributed by atoms with Crippen LogP contribution in [0.2, 0.25) is 5.15 Å². The summed E-state index contributed by atoms with van der Waals surface area (Å²) in [5.41, 5.74) is 1.93. The molecule has 5 heterocycles. The smallest absolute Gasteiger partial charge is 0.410 e. The standard InChI is InChI=1S/C29H28ClFN6O4/c1-16(2)22-23(17(3)9-10-32-22)37-24-20-26(34-28(37)38)36-12-11-35(29(39)41-14-18-7-5-4-6-8-18)13-19(36)15-40-27(20)33-25(30)21(24)31/h4-10,16,19H,11-15H2,1-3H3/t19-/m0/s1. The minimum absolute atomic E-state index is 0.0580. The number of amides is 1. The summed E-state index contributed by atoms with van der Waals surface area (Å²) in [5.74, 6) is -0.596. The average molecular weight is 579 g/mol. The fourth-order valence-corrected chi connectivity index (χ4v) is 5.61. The second kappa shape index (κ2) is 10.6. The minimum atomic E-state index is -0.852. The molecule has 1 atom stereocenters. The van der Waals surface area contributed by atoms with Crippen LogP contribution in [0.4, 0.5) is 15.0 Å². The molecule has 1 saturated heterocycles. The van der Waals surface area contributed by atoms with Gasteiger partial charge in [-0.25, -0.2) is 14.0 Å². The lowest BCUT2D eigenvalue weighted by molar-refractivity contribution is 0.0850. The summed E-state index contributed by atoms with van der Waals surface area (Å²) in [4.78, 5) is 43.2.